The Morgan fingerprint density at radius 1 is 0.512 bits per heavy atom. The molecule has 0 aliphatic heterocycles. The molecule has 0 aliphatic rings. The average Bonchev–Trinajstić information content (AvgIpc) is 2.97. The van der Waals surface area contributed by atoms with E-state index < -0.39 is 0 Å². The van der Waals surface area contributed by atoms with Gasteiger partial charge in [0.05, 0.1) is 11.4 Å². The highest BCUT2D eigenvalue weighted by molar-refractivity contribution is 7.99. The van der Waals surface area contributed by atoms with Gasteiger partial charge in [0.2, 0.25) is 0 Å². The summed E-state index contributed by atoms with van der Waals surface area (Å²) in [6.45, 7) is 9.32. The third kappa shape index (κ3) is 17.2. The van der Waals surface area contributed by atoms with Crippen LogP contribution in [0.3, 0.4) is 0 Å². The third-order valence-corrected chi connectivity index (χ3v) is 9.34. The molecule has 2 unspecified atom stereocenters. The molecule has 0 amide bonds. The van der Waals surface area contributed by atoms with Crippen molar-refractivity contribution in [3.63, 3.8) is 0 Å². The fraction of sp³-hybridized carbons (Fsp3) is 0.684. The Bertz CT molecular complexity index is 868. The van der Waals surface area contributed by atoms with Crippen LogP contribution >= 0.6 is 11.8 Å². The Hall–Kier alpha value is -1.61. The van der Waals surface area contributed by atoms with Gasteiger partial charge in [-0.15, -0.1) is 0 Å². The molecule has 0 fully saturated rings. The molecule has 0 aromatic heterocycles. The molecular formula is C38H64N2S. The van der Waals surface area contributed by atoms with Gasteiger partial charge < -0.3 is 10.6 Å². The minimum absolute atomic E-state index is 0.463. The molecule has 2 atom stereocenters. The zero-order chi connectivity index (χ0) is 29.4. The van der Waals surface area contributed by atoms with Crippen LogP contribution in [0.2, 0.25) is 0 Å². The van der Waals surface area contributed by atoms with Crippen LogP contribution in [-0.2, 0) is 0 Å². The molecule has 0 saturated heterocycles. The first kappa shape index (κ1) is 35.6. The van der Waals surface area contributed by atoms with E-state index in [4.69, 9.17) is 0 Å². The van der Waals surface area contributed by atoms with Gasteiger partial charge >= 0.3 is 0 Å². The summed E-state index contributed by atoms with van der Waals surface area (Å²) in [4.78, 5) is 2.61. The molecule has 0 heterocycles. The van der Waals surface area contributed by atoms with Crippen molar-refractivity contribution in [1.82, 2.24) is 0 Å². The number of hydrogen-bond donors (Lipinski definition) is 2. The van der Waals surface area contributed by atoms with E-state index in [1.807, 2.05) is 11.8 Å². The first-order chi connectivity index (χ1) is 20.1. The van der Waals surface area contributed by atoms with E-state index in [1.165, 1.54) is 150 Å². The van der Waals surface area contributed by atoms with E-state index in [9.17, 15) is 0 Å². The summed E-state index contributed by atoms with van der Waals surface area (Å²) in [5.41, 5.74) is 2.54. The van der Waals surface area contributed by atoms with Crippen molar-refractivity contribution in [1.29, 1.82) is 0 Å². The highest BCUT2D eigenvalue weighted by Crippen LogP contribution is 2.39. The number of nitrogens with one attached hydrogen (secondary N) is 2. The molecule has 0 radical (unpaired) electrons. The summed E-state index contributed by atoms with van der Waals surface area (Å²) < 4.78 is 0. The number of anilines is 2. The van der Waals surface area contributed by atoms with Gasteiger partial charge in [-0.05, 0) is 51.0 Å². The molecule has 0 aliphatic carbocycles. The lowest BCUT2D eigenvalue weighted by atomic mass is 10.0. The molecule has 2 aromatic rings. The number of benzene rings is 2. The van der Waals surface area contributed by atoms with E-state index >= 15 is 0 Å². The fourth-order valence-corrected chi connectivity index (χ4v) is 6.64. The van der Waals surface area contributed by atoms with Crippen LogP contribution in [0.15, 0.2) is 58.3 Å². The van der Waals surface area contributed by atoms with Crippen LogP contribution in [-0.4, -0.2) is 12.1 Å². The smallest absolute Gasteiger partial charge is 0.0719 e. The maximum atomic E-state index is 3.95. The molecular weight excluding hydrogens is 516 g/mol. The maximum absolute atomic E-state index is 3.95. The molecule has 0 bridgehead atoms. The zero-order valence-corrected chi connectivity index (χ0v) is 28.1. The maximum Gasteiger partial charge on any atom is 0.0719 e. The Balaban J connectivity index is 1.85. The molecule has 2 N–H and O–H groups in total. The van der Waals surface area contributed by atoms with Crippen LogP contribution < -0.4 is 10.6 Å². The number of para-hydroxylation sites is 1. The van der Waals surface area contributed by atoms with Gasteiger partial charge in [-0.25, -0.2) is 0 Å². The highest BCUT2D eigenvalue weighted by Gasteiger charge is 2.14. The van der Waals surface area contributed by atoms with Crippen LogP contribution in [0, 0.1) is 0 Å². The van der Waals surface area contributed by atoms with Gasteiger partial charge in [-0.3, -0.25) is 0 Å². The van der Waals surface area contributed by atoms with Crippen LogP contribution in [0.25, 0.3) is 0 Å². The first-order valence-electron chi connectivity index (χ1n) is 17.5. The lowest BCUT2D eigenvalue weighted by molar-refractivity contribution is 0.543. The minimum atomic E-state index is 0.463. The average molecular weight is 581 g/mol. The summed E-state index contributed by atoms with van der Waals surface area (Å²) in [7, 11) is 0. The van der Waals surface area contributed by atoms with Crippen molar-refractivity contribution >= 4 is 23.1 Å². The summed E-state index contributed by atoms with van der Waals surface area (Å²) in [6, 6.07) is 18.5. The van der Waals surface area contributed by atoms with Crippen molar-refractivity contribution in [3.8, 4) is 0 Å². The van der Waals surface area contributed by atoms with E-state index in [-0.39, 0.29) is 0 Å². The number of unbranched alkanes of at least 4 members (excludes halogenated alkanes) is 16. The van der Waals surface area contributed by atoms with E-state index in [2.05, 4.69) is 86.9 Å². The minimum Gasteiger partial charge on any atom is -0.381 e. The summed E-state index contributed by atoms with van der Waals surface area (Å²) in [6.07, 6.45) is 27.5. The lowest BCUT2D eigenvalue weighted by Gasteiger charge is -2.24. The van der Waals surface area contributed by atoms with E-state index in [0.717, 1.165) is 0 Å². The Labute approximate surface area is 259 Å². The summed E-state index contributed by atoms with van der Waals surface area (Å²) in [5.74, 6) is 0. The fourth-order valence-electron chi connectivity index (χ4n) is 5.68. The monoisotopic (exact) mass is 580 g/mol. The summed E-state index contributed by atoms with van der Waals surface area (Å²) >= 11 is 1.87. The molecule has 2 rings (SSSR count). The predicted molar refractivity (Wildman–Crippen MR) is 187 cm³/mol. The van der Waals surface area contributed by atoms with Gasteiger partial charge in [0.15, 0.2) is 0 Å². The SMILES string of the molecule is CCCCCCCCCCCC(C)Nc1cccc(Sc2ccccc2)c1NC(C)CCCCCCCCCCC. The second kappa shape index (κ2) is 23.9. The Morgan fingerprint density at radius 2 is 0.976 bits per heavy atom. The molecule has 2 nitrogen and oxygen atoms in total. The Morgan fingerprint density at radius 3 is 1.49 bits per heavy atom. The molecule has 0 saturated carbocycles. The van der Waals surface area contributed by atoms with Gasteiger partial charge in [-0.2, -0.15) is 0 Å². The number of rotatable bonds is 26. The van der Waals surface area contributed by atoms with Gasteiger partial charge in [0.25, 0.3) is 0 Å². The largest absolute Gasteiger partial charge is 0.381 e. The van der Waals surface area contributed by atoms with Crippen LogP contribution in [0.5, 0.6) is 0 Å². The molecule has 232 valence electrons. The Kier molecular flexibility index (Phi) is 20.7. The molecule has 3 heteroatoms. The predicted octanol–water partition coefficient (Wildman–Crippen LogP) is 13.3. The second-order valence-corrected chi connectivity index (χ2v) is 13.5. The van der Waals surface area contributed by atoms with Crippen molar-refractivity contribution in [2.24, 2.45) is 0 Å². The lowest BCUT2D eigenvalue weighted by Crippen LogP contribution is -2.20. The van der Waals surface area contributed by atoms with Crippen LogP contribution in [0.4, 0.5) is 11.4 Å². The van der Waals surface area contributed by atoms with E-state index in [1.54, 1.807) is 0 Å². The topological polar surface area (TPSA) is 24.1 Å². The van der Waals surface area contributed by atoms with Crippen LogP contribution in [0.1, 0.15) is 156 Å². The quantitative estimate of drug-likeness (QED) is 0.108. The highest BCUT2D eigenvalue weighted by atomic mass is 32.2. The molecule has 0 spiro atoms. The normalized spacial score (nSPS) is 12.8. The molecule has 2 aromatic carbocycles. The van der Waals surface area contributed by atoms with Crippen molar-refractivity contribution in [2.45, 2.75) is 178 Å². The standard InChI is InChI=1S/C38H64N2S/c1-5-7-9-11-13-15-17-19-22-27-33(3)39-36-31-26-32-37(41-35-29-24-21-25-30-35)38(36)40-34(4)28-23-20-18-16-14-12-10-8-6-2/h21,24-26,29-34,39-40H,5-20,22-23,27-28H2,1-4H3. The van der Waals surface area contributed by atoms with Gasteiger partial charge in [0.1, 0.15) is 0 Å². The zero-order valence-electron chi connectivity index (χ0n) is 27.3. The second-order valence-electron chi connectivity index (χ2n) is 12.4. The van der Waals surface area contributed by atoms with E-state index in [0.29, 0.717) is 12.1 Å². The summed E-state index contributed by atoms with van der Waals surface area (Å²) in [5, 5.41) is 7.85. The molecule has 41 heavy (non-hydrogen) atoms. The van der Waals surface area contributed by atoms with Crippen molar-refractivity contribution < 1.29 is 0 Å². The third-order valence-electron chi connectivity index (χ3n) is 8.27. The first-order valence-corrected chi connectivity index (χ1v) is 18.3. The van der Waals surface area contributed by atoms with Gasteiger partial charge in [-0.1, -0.05) is 165 Å². The van der Waals surface area contributed by atoms with Crippen molar-refractivity contribution in [3.05, 3.63) is 48.5 Å². The van der Waals surface area contributed by atoms with Crippen molar-refractivity contribution in [2.75, 3.05) is 10.6 Å². The van der Waals surface area contributed by atoms with Gasteiger partial charge in [0, 0.05) is 21.9 Å². The number of hydrogen-bond acceptors (Lipinski definition) is 3.